The molecule has 5 heteroatoms. The number of hydrogen-bond acceptors (Lipinski definition) is 3. The second-order valence-electron chi connectivity index (χ2n) is 6.01. The monoisotopic (exact) mass is 354 g/mol. The summed E-state index contributed by atoms with van der Waals surface area (Å²) in [4.78, 5) is 27.0. The van der Waals surface area contributed by atoms with E-state index in [1.807, 2.05) is 59.5 Å². The molecule has 0 aliphatic carbocycles. The van der Waals surface area contributed by atoms with E-state index < -0.39 is 0 Å². The van der Waals surface area contributed by atoms with Gasteiger partial charge in [-0.3, -0.25) is 9.59 Å². The molecule has 1 fully saturated rings. The van der Waals surface area contributed by atoms with Crippen molar-refractivity contribution < 1.29 is 9.59 Å². The Morgan fingerprint density at radius 2 is 1.80 bits per heavy atom. The number of nitrogens with zero attached hydrogens (tertiary/aromatic N) is 1. The number of rotatable bonds is 6. The second-order valence-corrected chi connectivity index (χ2v) is 7.18. The van der Waals surface area contributed by atoms with Gasteiger partial charge in [0.25, 0.3) is 0 Å². The maximum absolute atomic E-state index is 12.1. The molecule has 1 heterocycles. The molecule has 0 radical (unpaired) electrons. The van der Waals surface area contributed by atoms with Crippen LogP contribution in [0, 0.1) is 0 Å². The number of nitrogens with one attached hydrogen (secondary N) is 1. The lowest BCUT2D eigenvalue weighted by Gasteiger charge is -2.26. The van der Waals surface area contributed by atoms with Gasteiger partial charge in [-0.2, -0.15) is 0 Å². The molecule has 4 nitrogen and oxygen atoms in total. The molecule has 2 aromatic carbocycles. The minimum atomic E-state index is 0.00484. The summed E-state index contributed by atoms with van der Waals surface area (Å²) in [6.07, 6.45) is 3.11. The Balaban J connectivity index is 1.47. The van der Waals surface area contributed by atoms with E-state index in [2.05, 4.69) is 5.32 Å². The van der Waals surface area contributed by atoms with Gasteiger partial charge >= 0.3 is 0 Å². The molecule has 1 aliphatic heterocycles. The van der Waals surface area contributed by atoms with Gasteiger partial charge in [-0.1, -0.05) is 18.2 Å². The van der Waals surface area contributed by atoms with Gasteiger partial charge < -0.3 is 10.2 Å². The Morgan fingerprint density at radius 3 is 2.52 bits per heavy atom. The Hall–Kier alpha value is -2.27. The number of thioether (sulfide) groups is 1. The highest BCUT2D eigenvalue weighted by molar-refractivity contribution is 7.99. The van der Waals surface area contributed by atoms with Crippen molar-refractivity contribution in [2.45, 2.75) is 30.6 Å². The van der Waals surface area contributed by atoms with Crippen LogP contribution in [0.1, 0.15) is 25.7 Å². The summed E-state index contributed by atoms with van der Waals surface area (Å²) < 4.78 is 0. The van der Waals surface area contributed by atoms with Crippen molar-refractivity contribution in [1.82, 2.24) is 0 Å². The average Bonchev–Trinajstić information content (AvgIpc) is 2.64. The van der Waals surface area contributed by atoms with Crippen molar-refractivity contribution in [1.29, 1.82) is 0 Å². The van der Waals surface area contributed by atoms with Crippen LogP contribution in [0.5, 0.6) is 0 Å². The first-order chi connectivity index (χ1) is 12.2. The summed E-state index contributed by atoms with van der Waals surface area (Å²) in [6, 6.07) is 17.6. The molecule has 130 valence electrons. The topological polar surface area (TPSA) is 49.4 Å². The van der Waals surface area contributed by atoms with Crippen molar-refractivity contribution in [2.24, 2.45) is 0 Å². The summed E-state index contributed by atoms with van der Waals surface area (Å²) >= 11 is 1.68. The molecule has 2 amide bonds. The number of carbonyl (C=O) groups is 2. The van der Waals surface area contributed by atoms with Crippen molar-refractivity contribution in [3.8, 4) is 0 Å². The zero-order chi connectivity index (χ0) is 17.5. The largest absolute Gasteiger partial charge is 0.326 e. The van der Waals surface area contributed by atoms with E-state index in [-0.39, 0.29) is 11.8 Å². The van der Waals surface area contributed by atoms with Gasteiger partial charge in [-0.15, -0.1) is 11.8 Å². The number of anilines is 2. The van der Waals surface area contributed by atoms with Gasteiger partial charge in [0.1, 0.15) is 0 Å². The SMILES string of the molecule is O=C(CCSc1ccccc1)Nc1ccc(N2CCCCC2=O)cc1. The Kier molecular flexibility index (Phi) is 6.12. The summed E-state index contributed by atoms with van der Waals surface area (Å²) in [5.74, 6) is 0.933. The standard InChI is InChI=1S/C20H22N2O2S/c23-19(13-15-25-18-6-2-1-3-7-18)21-16-9-11-17(12-10-16)22-14-5-4-8-20(22)24/h1-3,6-7,9-12H,4-5,8,13-15H2,(H,21,23). The van der Waals surface area contributed by atoms with Crippen LogP contribution >= 0.6 is 11.8 Å². The highest BCUT2D eigenvalue weighted by Crippen LogP contribution is 2.23. The van der Waals surface area contributed by atoms with Gasteiger partial charge in [-0.05, 0) is 49.2 Å². The fraction of sp³-hybridized carbons (Fsp3) is 0.300. The molecular formula is C20H22N2O2S. The predicted octanol–water partition coefficient (Wildman–Crippen LogP) is 4.32. The van der Waals surface area contributed by atoms with E-state index in [0.717, 1.165) is 36.5 Å². The van der Waals surface area contributed by atoms with Crippen LogP contribution in [0.2, 0.25) is 0 Å². The lowest BCUT2D eigenvalue weighted by Crippen LogP contribution is -2.35. The molecular weight excluding hydrogens is 332 g/mol. The van der Waals surface area contributed by atoms with Crippen LogP contribution in [0.3, 0.4) is 0 Å². The van der Waals surface area contributed by atoms with E-state index in [1.54, 1.807) is 11.8 Å². The fourth-order valence-electron chi connectivity index (χ4n) is 2.81. The first-order valence-corrected chi connectivity index (χ1v) is 9.59. The summed E-state index contributed by atoms with van der Waals surface area (Å²) in [6.45, 7) is 0.779. The van der Waals surface area contributed by atoms with Gasteiger partial charge in [0.05, 0.1) is 0 Å². The molecule has 0 spiro atoms. The van der Waals surface area contributed by atoms with Gasteiger partial charge in [-0.25, -0.2) is 0 Å². The van der Waals surface area contributed by atoms with Crippen molar-refractivity contribution >= 4 is 35.0 Å². The Bertz CT molecular complexity index is 716. The lowest BCUT2D eigenvalue weighted by molar-refractivity contribution is -0.119. The van der Waals surface area contributed by atoms with Crippen molar-refractivity contribution in [3.05, 3.63) is 54.6 Å². The molecule has 1 aliphatic rings. The van der Waals surface area contributed by atoms with E-state index in [0.29, 0.717) is 12.8 Å². The van der Waals surface area contributed by atoms with Crippen LogP contribution in [0.15, 0.2) is 59.5 Å². The molecule has 25 heavy (non-hydrogen) atoms. The first-order valence-electron chi connectivity index (χ1n) is 8.60. The van der Waals surface area contributed by atoms with Gasteiger partial charge in [0.15, 0.2) is 0 Å². The summed E-state index contributed by atoms with van der Waals surface area (Å²) in [7, 11) is 0. The number of hydrogen-bond donors (Lipinski definition) is 1. The number of piperidine rings is 1. The van der Waals surface area contributed by atoms with E-state index in [4.69, 9.17) is 0 Å². The third-order valence-corrected chi connectivity index (χ3v) is 5.14. The molecule has 0 bridgehead atoms. The third kappa shape index (κ3) is 5.10. The molecule has 3 rings (SSSR count). The van der Waals surface area contributed by atoms with Crippen LogP contribution < -0.4 is 10.2 Å². The average molecular weight is 354 g/mol. The molecule has 1 N–H and O–H groups in total. The summed E-state index contributed by atoms with van der Waals surface area (Å²) in [5, 5.41) is 2.91. The maximum Gasteiger partial charge on any atom is 0.226 e. The number of amides is 2. The normalized spacial score (nSPS) is 14.4. The molecule has 0 saturated carbocycles. The zero-order valence-electron chi connectivity index (χ0n) is 14.1. The second kappa shape index (κ2) is 8.72. The molecule has 0 unspecified atom stereocenters. The molecule has 2 aromatic rings. The van der Waals surface area contributed by atoms with Gasteiger partial charge in [0, 0.05) is 41.4 Å². The molecule has 0 aromatic heterocycles. The van der Waals surface area contributed by atoms with Crippen LogP contribution in [0.25, 0.3) is 0 Å². The van der Waals surface area contributed by atoms with Crippen molar-refractivity contribution in [2.75, 3.05) is 22.5 Å². The third-order valence-electron chi connectivity index (χ3n) is 4.13. The van der Waals surface area contributed by atoms with Crippen molar-refractivity contribution in [3.63, 3.8) is 0 Å². The van der Waals surface area contributed by atoms with Crippen LogP contribution in [0.4, 0.5) is 11.4 Å². The first kappa shape index (κ1) is 17.5. The summed E-state index contributed by atoms with van der Waals surface area (Å²) in [5.41, 5.74) is 1.67. The Labute approximate surface area is 152 Å². The van der Waals surface area contributed by atoms with E-state index in [9.17, 15) is 9.59 Å². The fourth-order valence-corrected chi connectivity index (χ4v) is 3.68. The van der Waals surface area contributed by atoms with Gasteiger partial charge in [0.2, 0.25) is 11.8 Å². The highest BCUT2D eigenvalue weighted by Gasteiger charge is 2.19. The minimum Gasteiger partial charge on any atom is -0.326 e. The highest BCUT2D eigenvalue weighted by atomic mass is 32.2. The molecule has 0 atom stereocenters. The lowest BCUT2D eigenvalue weighted by atomic mass is 10.1. The number of carbonyl (C=O) groups excluding carboxylic acids is 2. The van der Waals surface area contributed by atoms with E-state index in [1.165, 1.54) is 4.90 Å². The molecule has 1 saturated heterocycles. The van der Waals surface area contributed by atoms with Crippen LogP contribution in [-0.2, 0) is 9.59 Å². The maximum atomic E-state index is 12.1. The minimum absolute atomic E-state index is 0.00484. The Morgan fingerprint density at radius 1 is 1.04 bits per heavy atom. The van der Waals surface area contributed by atoms with E-state index >= 15 is 0 Å². The number of benzene rings is 2. The van der Waals surface area contributed by atoms with Crippen LogP contribution in [-0.4, -0.2) is 24.1 Å². The smallest absolute Gasteiger partial charge is 0.226 e. The zero-order valence-corrected chi connectivity index (χ0v) is 14.9. The predicted molar refractivity (Wildman–Crippen MR) is 103 cm³/mol. The quantitative estimate of drug-likeness (QED) is 0.786.